The van der Waals surface area contributed by atoms with Crippen LogP contribution in [0.4, 0.5) is 0 Å². The monoisotopic (exact) mass is 265 g/mol. The highest BCUT2D eigenvalue weighted by Crippen LogP contribution is 2.39. The van der Waals surface area contributed by atoms with Crippen molar-refractivity contribution in [3.05, 3.63) is 0 Å². The van der Waals surface area contributed by atoms with Crippen LogP contribution in [0.15, 0.2) is 0 Å². The van der Waals surface area contributed by atoms with Crippen LogP contribution in [0.5, 0.6) is 0 Å². The zero-order valence-electron chi connectivity index (χ0n) is 11.6. The normalized spacial score (nSPS) is 35.7. The summed E-state index contributed by atoms with van der Waals surface area (Å²) in [6.07, 6.45) is 3.38. The Hall–Kier alpha value is -1.12. The predicted molar refractivity (Wildman–Crippen MR) is 71.1 cm³/mol. The topological polar surface area (TPSA) is 79.3 Å². The van der Waals surface area contributed by atoms with Gasteiger partial charge in [0.1, 0.15) is 0 Å². The third-order valence-electron chi connectivity index (χ3n) is 4.57. The number of carbonyl (C=O) groups excluding carboxylic acids is 1. The van der Waals surface area contributed by atoms with Crippen molar-refractivity contribution in [2.24, 2.45) is 17.1 Å². The molecular formula is C14H23N3O2. The van der Waals surface area contributed by atoms with Gasteiger partial charge in [-0.1, -0.05) is 6.92 Å². The number of carbonyl (C=O) groups is 1. The lowest BCUT2D eigenvalue weighted by molar-refractivity contribution is -0.150. The van der Waals surface area contributed by atoms with E-state index in [2.05, 4.69) is 13.0 Å². The number of rotatable bonds is 2. The van der Waals surface area contributed by atoms with E-state index in [4.69, 9.17) is 15.7 Å². The van der Waals surface area contributed by atoms with Gasteiger partial charge in [-0.25, -0.2) is 0 Å². The molecule has 1 aliphatic heterocycles. The molecule has 2 N–H and O–H groups in total. The van der Waals surface area contributed by atoms with Crippen LogP contribution in [0.2, 0.25) is 0 Å². The molecule has 0 aromatic heterocycles. The summed E-state index contributed by atoms with van der Waals surface area (Å²) in [5.41, 5.74) is 5.52. The maximum atomic E-state index is 12.8. The molecule has 1 unspecified atom stereocenters. The Kier molecular flexibility index (Phi) is 4.43. The number of hydrogen-bond acceptors (Lipinski definition) is 4. The number of nitriles is 1. The van der Waals surface area contributed by atoms with E-state index in [-0.39, 0.29) is 5.91 Å². The molecule has 1 saturated carbocycles. The number of morpholine rings is 1. The van der Waals surface area contributed by atoms with Crippen molar-refractivity contribution in [2.45, 2.75) is 38.7 Å². The van der Waals surface area contributed by atoms with Gasteiger partial charge in [0.05, 0.1) is 24.6 Å². The summed E-state index contributed by atoms with van der Waals surface area (Å²) >= 11 is 0. The van der Waals surface area contributed by atoms with Crippen LogP contribution >= 0.6 is 0 Å². The van der Waals surface area contributed by atoms with Crippen molar-refractivity contribution in [3.63, 3.8) is 0 Å². The van der Waals surface area contributed by atoms with E-state index >= 15 is 0 Å². The Labute approximate surface area is 114 Å². The first-order valence-electron chi connectivity index (χ1n) is 7.12. The van der Waals surface area contributed by atoms with Crippen LogP contribution in [0.1, 0.15) is 32.6 Å². The predicted octanol–water partition coefficient (Wildman–Crippen LogP) is 0.893. The first kappa shape index (κ1) is 14.3. The van der Waals surface area contributed by atoms with Crippen LogP contribution in [0, 0.1) is 22.7 Å². The van der Waals surface area contributed by atoms with Gasteiger partial charge < -0.3 is 15.4 Å². The van der Waals surface area contributed by atoms with Gasteiger partial charge in [0.15, 0.2) is 6.10 Å². The zero-order valence-corrected chi connectivity index (χ0v) is 11.6. The van der Waals surface area contributed by atoms with Gasteiger partial charge in [-0.15, -0.1) is 0 Å². The highest BCUT2D eigenvalue weighted by molar-refractivity contribution is 5.83. The van der Waals surface area contributed by atoms with E-state index in [9.17, 15) is 4.79 Å². The van der Waals surface area contributed by atoms with Crippen LogP contribution in [-0.2, 0) is 9.53 Å². The van der Waals surface area contributed by atoms with E-state index in [1.165, 1.54) is 0 Å². The molecule has 5 nitrogen and oxygen atoms in total. The number of amides is 1. The molecule has 1 saturated heterocycles. The third kappa shape index (κ3) is 2.90. The zero-order chi connectivity index (χ0) is 13.9. The summed E-state index contributed by atoms with van der Waals surface area (Å²) in [5.74, 6) is 0.814. The molecule has 106 valence electrons. The maximum Gasteiger partial charge on any atom is 0.230 e. The Bertz CT molecular complexity index is 369. The molecule has 0 radical (unpaired) electrons. The smallest absolute Gasteiger partial charge is 0.230 e. The van der Waals surface area contributed by atoms with Crippen molar-refractivity contribution in [2.75, 3.05) is 26.2 Å². The summed E-state index contributed by atoms with van der Waals surface area (Å²) in [6, 6.07) is 2.08. The fraction of sp³-hybridized carbons (Fsp3) is 0.857. The lowest BCUT2D eigenvalue weighted by Gasteiger charge is -2.42. The third-order valence-corrected chi connectivity index (χ3v) is 4.57. The Balaban J connectivity index is 2.06. The minimum absolute atomic E-state index is 0.130. The minimum atomic E-state index is -0.491. The van der Waals surface area contributed by atoms with Crippen LogP contribution in [0.3, 0.4) is 0 Å². The first-order valence-corrected chi connectivity index (χ1v) is 7.12. The number of hydrogen-bond donors (Lipinski definition) is 1. The SMILES string of the molecule is CC1CCC(CN)(C(=O)N2CCOC(C#N)C2)CC1. The molecule has 0 aromatic carbocycles. The van der Waals surface area contributed by atoms with Crippen LogP contribution in [-0.4, -0.2) is 43.2 Å². The van der Waals surface area contributed by atoms with Crippen LogP contribution in [0.25, 0.3) is 0 Å². The van der Waals surface area contributed by atoms with E-state index in [1.807, 2.05) is 0 Å². The molecule has 2 rings (SSSR count). The molecule has 0 spiro atoms. The van der Waals surface area contributed by atoms with Crippen molar-refractivity contribution < 1.29 is 9.53 Å². The Morgan fingerprint density at radius 1 is 1.53 bits per heavy atom. The minimum Gasteiger partial charge on any atom is -0.360 e. The second-order valence-corrected chi connectivity index (χ2v) is 5.91. The lowest BCUT2D eigenvalue weighted by Crippen LogP contribution is -2.54. The average Bonchev–Trinajstić information content (AvgIpc) is 2.48. The second kappa shape index (κ2) is 5.89. The van der Waals surface area contributed by atoms with E-state index in [0.29, 0.717) is 32.2 Å². The average molecular weight is 265 g/mol. The largest absolute Gasteiger partial charge is 0.360 e. The number of ether oxygens (including phenoxy) is 1. The molecule has 1 aliphatic carbocycles. The van der Waals surface area contributed by atoms with Crippen molar-refractivity contribution in [1.82, 2.24) is 4.90 Å². The van der Waals surface area contributed by atoms with Crippen molar-refractivity contribution in [1.29, 1.82) is 5.26 Å². The summed E-state index contributed by atoms with van der Waals surface area (Å²) < 4.78 is 5.29. The molecule has 19 heavy (non-hydrogen) atoms. The maximum absolute atomic E-state index is 12.8. The molecule has 1 atom stereocenters. The first-order chi connectivity index (χ1) is 9.11. The van der Waals surface area contributed by atoms with Gasteiger partial charge in [-0.3, -0.25) is 4.79 Å². The Morgan fingerprint density at radius 2 is 2.21 bits per heavy atom. The second-order valence-electron chi connectivity index (χ2n) is 5.91. The van der Waals surface area contributed by atoms with Crippen molar-refractivity contribution in [3.8, 4) is 6.07 Å². The fourth-order valence-electron chi connectivity index (χ4n) is 3.07. The molecule has 5 heteroatoms. The lowest BCUT2D eigenvalue weighted by atomic mass is 9.70. The van der Waals surface area contributed by atoms with E-state index in [0.717, 1.165) is 25.7 Å². The van der Waals surface area contributed by atoms with Crippen molar-refractivity contribution >= 4 is 5.91 Å². The summed E-state index contributed by atoms with van der Waals surface area (Å²) in [5, 5.41) is 8.92. The molecule has 1 amide bonds. The Morgan fingerprint density at radius 3 is 2.79 bits per heavy atom. The van der Waals surface area contributed by atoms with Gasteiger partial charge in [-0.2, -0.15) is 5.26 Å². The summed E-state index contributed by atoms with van der Waals surface area (Å²) in [4.78, 5) is 14.5. The fourth-order valence-corrected chi connectivity index (χ4v) is 3.07. The molecule has 0 bridgehead atoms. The van der Waals surface area contributed by atoms with E-state index < -0.39 is 11.5 Å². The molecule has 2 fully saturated rings. The standard InChI is InChI=1S/C14H23N3O2/c1-11-2-4-14(10-16,5-3-11)13(18)17-6-7-19-12(8-15)9-17/h11-12H,2-7,9-10,16H2,1H3. The highest BCUT2D eigenvalue weighted by Gasteiger charge is 2.43. The van der Waals surface area contributed by atoms with Gasteiger partial charge in [0.25, 0.3) is 0 Å². The summed E-state index contributed by atoms with van der Waals surface area (Å²) in [7, 11) is 0. The van der Waals surface area contributed by atoms with Gasteiger partial charge in [0.2, 0.25) is 5.91 Å². The molecule has 2 aliphatic rings. The molecule has 1 heterocycles. The van der Waals surface area contributed by atoms with E-state index in [1.54, 1.807) is 4.90 Å². The van der Waals surface area contributed by atoms with Gasteiger partial charge >= 0.3 is 0 Å². The summed E-state index contributed by atoms with van der Waals surface area (Å²) in [6.45, 7) is 4.04. The van der Waals surface area contributed by atoms with Crippen LogP contribution < -0.4 is 5.73 Å². The highest BCUT2D eigenvalue weighted by atomic mass is 16.5. The quantitative estimate of drug-likeness (QED) is 0.804. The van der Waals surface area contributed by atoms with Gasteiger partial charge in [-0.05, 0) is 31.6 Å². The number of nitrogens with two attached hydrogens (primary N) is 1. The molecular weight excluding hydrogens is 242 g/mol. The van der Waals surface area contributed by atoms with Gasteiger partial charge in [0, 0.05) is 13.1 Å². The molecule has 0 aromatic rings. The number of nitrogens with zero attached hydrogens (tertiary/aromatic N) is 2.